The van der Waals surface area contributed by atoms with Gasteiger partial charge >= 0.3 is 0 Å². The lowest BCUT2D eigenvalue weighted by Gasteiger charge is -1.99. The molecule has 0 saturated heterocycles. The minimum absolute atomic E-state index is 0.544. The van der Waals surface area contributed by atoms with Crippen LogP contribution in [0.1, 0.15) is 5.56 Å². The molecule has 0 N–H and O–H groups in total. The van der Waals surface area contributed by atoms with Crippen LogP contribution >= 0.6 is 0 Å². The molecule has 0 atom stereocenters. The molecule has 0 aliphatic rings. The quantitative estimate of drug-likeness (QED) is 0.599. The fourth-order valence-corrected chi connectivity index (χ4v) is 2.23. The van der Waals surface area contributed by atoms with E-state index >= 15 is 0 Å². The Kier molecular flexibility index (Phi) is 2.84. The fraction of sp³-hybridized carbons (Fsp3) is 0.200. The van der Waals surface area contributed by atoms with Gasteiger partial charge in [0.1, 0.15) is 7.11 Å². The second-order valence-corrected chi connectivity index (χ2v) is 5.30. The lowest BCUT2D eigenvalue weighted by Crippen LogP contribution is -2.11. The van der Waals surface area contributed by atoms with E-state index in [1.807, 2.05) is 0 Å². The van der Waals surface area contributed by atoms with Crippen LogP contribution in [0.15, 0.2) is 29.6 Å². The first-order valence-corrected chi connectivity index (χ1v) is 6.62. The van der Waals surface area contributed by atoms with Crippen LogP contribution in [-0.4, -0.2) is 37.2 Å². The van der Waals surface area contributed by atoms with E-state index in [9.17, 15) is 8.42 Å². The Morgan fingerprint density at radius 2 is 2.24 bits per heavy atom. The summed E-state index contributed by atoms with van der Waals surface area (Å²) in [6, 6.07) is 5.21. The molecule has 0 aliphatic heterocycles. The smallest absolute Gasteiger partial charge is 0.251 e. The Morgan fingerprint density at radius 3 is 2.88 bits per heavy atom. The van der Waals surface area contributed by atoms with Crippen molar-refractivity contribution >= 4 is 27.1 Å². The Labute approximate surface area is 98.5 Å². The number of hydrogen-bond donors (Lipinski definition) is 0. The molecule has 2 rings (SSSR count). The normalized spacial score (nSPS) is 12.4. The zero-order valence-electron chi connectivity index (χ0n) is 9.36. The molecule has 1 heterocycles. The number of benzene rings is 1. The predicted molar refractivity (Wildman–Crippen MR) is 64.6 cm³/mol. The molecule has 0 spiro atoms. The van der Waals surface area contributed by atoms with E-state index in [0.29, 0.717) is 5.52 Å². The molecule has 2 aromatic rings. The molecule has 1 aromatic heterocycles. The van der Waals surface area contributed by atoms with E-state index in [0.717, 1.165) is 21.3 Å². The van der Waals surface area contributed by atoms with Gasteiger partial charge in [-0.15, -0.1) is 0 Å². The first-order chi connectivity index (χ1) is 8.02. The van der Waals surface area contributed by atoms with Gasteiger partial charge < -0.3 is 4.84 Å². The number of aromatic nitrogens is 2. The van der Waals surface area contributed by atoms with E-state index in [2.05, 4.69) is 15.1 Å². The topological polar surface area (TPSA) is 73.6 Å². The average molecular weight is 253 g/mol. The number of nitrogens with zero attached hydrogens (tertiary/aromatic N) is 3. The van der Waals surface area contributed by atoms with E-state index in [1.165, 1.54) is 19.5 Å². The van der Waals surface area contributed by atoms with Crippen LogP contribution in [0.2, 0.25) is 0 Å². The van der Waals surface area contributed by atoms with Crippen molar-refractivity contribution in [3.05, 3.63) is 30.0 Å². The summed E-state index contributed by atoms with van der Waals surface area (Å²) < 4.78 is 23.8. The van der Waals surface area contributed by atoms with Crippen molar-refractivity contribution < 1.29 is 13.3 Å². The Morgan fingerprint density at radius 1 is 1.47 bits per heavy atom. The molecule has 0 fully saturated rings. The number of oxime groups is 1. The highest BCUT2D eigenvalue weighted by Gasteiger charge is 2.11. The lowest BCUT2D eigenvalue weighted by atomic mass is 10.2. The van der Waals surface area contributed by atoms with Crippen molar-refractivity contribution in [1.82, 2.24) is 9.19 Å². The molecule has 90 valence electrons. The molecule has 0 aliphatic carbocycles. The summed E-state index contributed by atoms with van der Waals surface area (Å²) in [5.74, 6) is 0. The molecule has 17 heavy (non-hydrogen) atoms. The maximum atomic E-state index is 11.4. The molecule has 1 aromatic carbocycles. The summed E-state index contributed by atoms with van der Waals surface area (Å²) in [5.41, 5.74) is 1.36. The van der Waals surface area contributed by atoms with Crippen LogP contribution in [0.4, 0.5) is 0 Å². The van der Waals surface area contributed by atoms with Crippen LogP contribution in [0.3, 0.4) is 0 Å². The van der Waals surface area contributed by atoms with Gasteiger partial charge in [-0.3, -0.25) is 0 Å². The third kappa shape index (κ3) is 2.28. The SMILES string of the molecule is CO/N=C/c1ccc2c(cnn2S(C)(=O)=O)c1. The molecule has 0 amide bonds. The third-order valence-electron chi connectivity index (χ3n) is 2.18. The Balaban J connectivity index is 2.56. The van der Waals surface area contributed by atoms with Crippen LogP contribution in [0.25, 0.3) is 10.9 Å². The minimum atomic E-state index is -3.37. The maximum absolute atomic E-state index is 11.4. The summed E-state index contributed by atoms with van der Waals surface area (Å²) in [4.78, 5) is 4.57. The molecule has 0 bridgehead atoms. The number of fused-ring (bicyclic) bond motifs is 1. The van der Waals surface area contributed by atoms with Crippen LogP contribution < -0.4 is 0 Å². The van der Waals surface area contributed by atoms with Gasteiger partial charge in [-0.25, -0.2) is 8.42 Å². The molecule has 6 nitrogen and oxygen atoms in total. The Bertz CT molecular complexity index is 673. The van der Waals surface area contributed by atoms with E-state index in [-0.39, 0.29) is 0 Å². The second-order valence-electron chi connectivity index (χ2n) is 3.49. The van der Waals surface area contributed by atoms with Gasteiger partial charge in [0.05, 0.1) is 24.2 Å². The van der Waals surface area contributed by atoms with Crippen molar-refractivity contribution in [2.45, 2.75) is 0 Å². The van der Waals surface area contributed by atoms with Crippen molar-refractivity contribution in [1.29, 1.82) is 0 Å². The molecule has 0 saturated carbocycles. The fourth-order valence-electron chi connectivity index (χ4n) is 1.49. The maximum Gasteiger partial charge on any atom is 0.251 e. The van der Waals surface area contributed by atoms with Crippen molar-refractivity contribution in [2.24, 2.45) is 5.16 Å². The van der Waals surface area contributed by atoms with Crippen LogP contribution in [0.5, 0.6) is 0 Å². The van der Waals surface area contributed by atoms with Gasteiger partial charge in [-0.1, -0.05) is 11.2 Å². The first-order valence-electron chi connectivity index (χ1n) is 4.77. The third-order valence-corrected chi connectivity index (χ3v) is 3.10. The second kappa shape index (κ2) is 4.17. The van der Waals surface area contributed by atoms with Gasteiger partial charge in [0.25, 0.3) is 10.0 Å². The van der Waals surface area contributed by atoms with E-state index < -0.39 is 10.0 Å². The number of rotatable bonds is 3. The zero-order chi connectivity index (χ0) is 12.5. The monoisotopic (exact) mass is 253 g/mol. The summed E-state index contributed by atoms with van der Waals surface area (Å²) in [7, 11) is -1.91. The lowest BCUT2D eigenvalue weighted by molar-refractivity contribution is 0.215. The average Bonchev–Trinajstić information content (AvgIpc) is 2.68. The zero-order valence-corrected chi connectivity index (χ0v) is 10.2. The molecular formula is C10H11N3O3S. The number of hydrogen-bond acceptors (Lipinski definition) is 5. The first kappa shape index (κ1) is 11.6. The summed E-state index contributed by atoms with van der Waals surface area (Å²) >= 11 is 0. The van der Waals surface area contributed by atoms with Crippen LogP contribution in [0, 0.1) is 0 Å². The highest BCUT2D eigenvalue weighted by molar-refractivity contribution is 7.89. The summed E-state index contributed by atoms with van der Waals surface area (Å²) in [6.45, 7) is 0. The molecule has 0 unspecified atom stereocenters. The summed E-state index contributed by atoms with van der Waals surface area (Å²) in [6.07, 6.45) is 4.15. The standard InChI is InChI=1S/C10H11N3O3S/c1-16-12-6-8-3-4-10-9(5-8)7-11-13(10)17(2,14)15/h3-7H,1-2H3/b12-6+. The van der Waals surface area contributed by atoms with Crippen LogP contribution in [-0.2, 0) is 14.9 Å². The predicted octanol–water partition coefficient (Wildman–Crippen LogP) is 0.824. The van der Waals surface area contributed by atoms with Crippen molar-refractivity contribution in [3.8, 4) is 0 Å². The minimum Gasteiger partial charge on any atom is -0.399 e. The Hall–Kier alpha value is -1.89. The van der Waals surface area contributed by atoms with E-state index in [1.54, 1.807) is 18.2 Å². The largest absolute Gasteiger partial charge is 0.399 e. The molecule has 0 radical (unpaired) electrons. The van der Waals surface area contributed by atoms with Gasteiger partial charge in [-0.05, 0) is 17.7 Å². The van der Waals surface area contributed by atoms with Gasteiger partial charge in [-0.2, -0.15) is 9.19 Å². The highest BCUT2D eigenvalue weighted by atomic mass is 32.2. The van der Waals surface area contributed by atoms with Crippen molar-refractivity contribution in [2.75, 3.05) is 13.4 Å². The van der Waals surface area contributed by atoms with Gasteiger partial charge in [0.2, 0.25) is 0 Å². The van der Waals surface area contributed by atoms with E-state index in [4.69, 9.17) is 0 Å². The van der Waals surface area contributed by atoms with Gasteiger partial charge in [0.15, 0.2) is 0 Å². The molecule has 7 heteroatoms. The van der Waals surface area contributed by atoms with Gasteiger partial charge in [0, 0.05) is 5.39 Å². The van der Waals surface area contributed by atoms with Crippen molar-refractivity contribution in [3.63, 3.8) is 0 Å². The summed E-state index contributed by atoms with van der Waals surface area (Å²) in [5, 5.41) is 8.21. The molecular weight excluding hydrogens is 242 g/mol. The highest BCUT2D eigenvalue weighted by Crippen LogP contribution is 2.16.